The molecule has 5 rings (SSSR count). The minimum atomic E-state index is -1.74. The molecule has 0 spiro atoms. The van der Waals surface area contributed by atoms with Crippen molar-refractivity contribution in [1.82, 2.24) is 0 Å². The van der Waals surface area contributed by atoms with Crippen molar-refractivity contribution in [1.29, 1.82) is 0 Å². The number of aliphatic hydroxyl groups excluding tert-OH is 5. The molecule has 3 saturated carbocycles. The van der Waals surface area contributed by atoms with Crippen LogP contribution in [0.2, 0.25) is 0 Å². The number of aliphatic hydroxyl groups is 6. The first-order valence-electron chi connectivity index (χ1n) is 17.9. The van der Waals surface area contributed by atoms with Gasteiger partial charge in [-0.15, -0.1) is 0 Å². The Hall–Kier alpha value is -1.18. The van der Waals surface area contributed by atoms with Crippen LogP contribution >= 0.6 is 0 Å². The van der Waals surface area contributed by atoms with Crippen molar-refractivity contribution in [2.24, 2.45) is 45.3 Å². The van der Waals surface area contributed by atoms with E-state index in [0.717, 1.165) is 32.1 Å². The van der Waals surface area contributed by atoms with E-state index < -0.39 is 71.5 Å². The van der Waals surface area contributed by atoms with E-state index in [-0.39, 0.29) is 28.1 Å². The van der Waals surface area contributed by atoms with Crippen molar-refractivity contribution in [2.45, 2.75) is 161 Å². The fourth-order valence-electron chi connectivity index (χ4n) is 11.5. The Kier molecular flexibility index (Phi) is 9.90. The first kappa shape index (κ1) is 37.1. The molecule has 11 heteroatoms. The van der Waals surface area contributed by atoms with Gasteiger partial charge in [0.05, 0.1) is 30.5 Å². The van der Waals surface area contributed by atoms with Crippen LogP contribution in [-0.2, 0) is 9.47 Å². The van der Waals surface area contributed by atoms with Gasteiger partial charge in [0.1, 0.15) is 6.10 Å². The number of nitro groups is 1. The molecule has 47 heavy (non-hydrogen) atoms. The van der Waals surface area contributed by atoms with E-state index in [2.05, 4.69) is 47.6 Å². The minimum Gasteiger partial charge on any atom is -0.394 e. The molecule has 1 aliphatic heterocycles. The van der Waals surface area contributed by atoms with Crippen LogP contribution in [0.3, 0.4) is 0 Å². The summed E-state index contributed by atoms with van der Waals surface area (Å²) in [7, 11) is 0. The van der Waals surface area contributed by atoms with E-state index in [9.17, 15) is 40.8 Å². The Morgan fingerprint density at radius 3 is 2.32 bits per heavy atom. The molecule has 6 N–H and O–H groups in total. The predicted octanol–water partition coefficient (Wildman–Crippen LogP) is 3.58. The zero-order chi connectivity index (χ0) is 35.1. The minimum absolute atomic E-state index is 0.00598. The Bertz CT molecular complexity index is 1200. The summed E-state index contributed by atoms with van der Waals surface area (Å²) in [5.74, 6) is 1.12. The fraction of sp³-hybridized carbons (Fsp3) is 0.944. The molecule has 4 aliphatic carbocycles. The third-order valence-electron chi connectivity index (χ3n) is 14.7. The van der Waals surface area contributed by atoms with Crippen molar-refractivity contribution < 1.29 is 45.0 Å². The molecule has 4 fully saturated rings. The van der Waals surface area contributed by atoms with Crippen molar-refractivity contribution in [3.05, 3.63) is 21.8 Å². The van der Waals surface area contributed by atoms with Gasteiger partial charge in [-0.1, -0.05) is 53.2 Å². The van der Waals surface area contributed by atoms with E-state index in [1.54, 1.807) is 13.8 Å². The summed E-state index contributed by atoms with van der Waals surface area (Å²) in [5.41, 5.74) is -0.883. The first-order valence-corrected chi connectivity index (χ1v) is 17.9. The Morgan fingerprint density at radius 2 is 1.72 bits per heavy atom. The van der Waals surface area contributed by atoms with Gasteiger partial charge in [0.2, 0.25) is 0 Å². The first-order chi connectivity index (χ1) is 21.7. The van der Waals surface area contributed by atoms with Crippen LogP contribution in [0, 0.1) is 55.4 Å². The molecule has 0 aromatic heterocycles. The molecule has 15 atom stereocenters. The molecule has 0 aromatic rings. The SMILES string of the molecule is C[C@H](CC[C@@H](O)C(C)(C)O)C1CC[C@@]2(C)C3CC=C4C(CC[C@H](O[C@@H]5O[C@H](CO)[C@@H](O)[C@H]([N+](=O)[O-])[C@H]5O)C4(C)C)[C@]3(C)[C@H](O)C[C@]12C. The zero-order valence-electron chi connectivity index (χ0n) is 29.6. The van der Waals surface area contributed by atoms with Crippen LogP contribution in [0.5, 0.6) is 0 Å². The van der Waals surface area contributed by atoms with Crippen LogP contribution in [-0.4, -0.2) is 96.7 Å². The highest BCUT2D eigenvalue weighted by atomic mass is 16.7. The predicted molar refractivity (Wildman–Crippen MR) is 174 cm³/mol. The summed E-state index contributed by atoms with van der Waals surface area (Å²) in [6.07, 6.45) is 1.04. The van der Waals surface area contributed by atoms with E-state index in [1.807, 2.05) is 0 Å². The topological polar surface area (TPSA) is 183 Å². The van der Waals surface area contributed by atoms with E-state index in [1.165, 1.54) is 5.57 Å². The second kappa shape index (κ2) is 12.5. The summed E-state index contributed by atoms with van der Waals surface area (Å²) < 4.78 is 12.0. The number of nitrogens with zero attached hydrogens (tertiary/aromatic N) is 1. The third kappa shape index (κ3) is 5.72. The maximum absolute atomic E-state index is 12.3. The third-order valence-corrected chi connectivity index (χ3v) is 14.7. The van der Waals surface area contributed by atoms with Crippen molar-refractivity contribution in [3.63, 3.8) is 0 Å². The highest BCUT2D eigenvalue weighted by Gasteiger charge is 2.70. The standard InChI is InChI=1S/C36H61NO10/c1-19(9-13-25(39)33(4,5)43)20-15-16-34(6)24-12-10-21-22(36(24,8)26(40)17-35(20,34)7)11-14-27(32(21,2)3)47-31-30(42)28(37(44)45)29(41)23(18-38)46-31/h10,19-20,22-31,38-43H,9,11-18H2,1-8H3/t19-,20?,22?,23-,24?,25-,26-,27+,28+,29-,30-,31+,34+,35-,36+/m1/s1. The number of allylic oxidation sites excluding steroid dienone is 1. The number of fused-ring (bicyclic) bond motifs is 5. The van der Waals surface area contributed by atoms with Gasteiger partial charge in [0, 0.05) is 15.8 Å². The molecule has 0 bridgehead atoms. The van der Waals surface area contributed by atoms with Gasteiger partial charge in [0.15, 0.2) is 18.5 Å². The van der Waals surface area contributed by atoms with E-state index >= 15 is 0 Å². The zero-order valence-corrected chi connectivity index (χ0v) is 29.6. The normalized spacial score (nSPS) is 47.7. The molecule has 0 aromatic carbocycles. The summed E-state index contributed by atoms with van der Waals surface area (Å²) in [4.78, 5) is 11.0. The van der Waals surface area contributed by atoms with Crippen LogP contribution in [0.15, 0.2) is 11.6 Å². The average molecular weight is 668 g/mol. The van der Waals surface area contributed by atoms with Gasteiger partial charge in [0.25, 0.3) is 6.04 Å². The molecule has 3 unspecified atom stereocenters. The summed E-state index contributed by atoms with van der Waals surface area (Å²) in [5, 5.41) is 75.7. The molecular formula is C36H61NO10. The average Bonchev–Trinajstić information content (AvgIpc) is 3.24. The van der Waals surface area contributed by atoms with E-state index in [0.29, 0.717) is 31.1 Å². The lowest BCUT2D eigenvalue weighted by molar-refractivity contribution is -0.566. The lowest BCUT2D eigenvalue weighted by atomic mass is 9.38. The molecule has 5 aliphatic rings. The highest BCUT2D eigenvalue weighted by Crippen LogP contribution is 2.75. The number of hydrogen-bond donors (Lipinski definition) is 6. The number of hydrogen-bond acceptors (Lipinski definition) is 10. The molecular weight excluding hydrogens is 606 g/mol. The summed E-state index contributed by atoms with van der Waals surface area (Å²) in [6.45, 7) is 16.2. The summed E-state index contributed by atoms with van der Waals surface area (Å²) >= 11 is 0. The van der Waals surface area contributed by atoms with Crippen LogP contribution in [0.1, 0.15) is 107 Å². The second-order valence-electron chi connectivity index (χ2n) is 17.7. The quantitative estimate of drug-likeness (QED) is 0.121. The van der Waals surface area contributed by atoms with Gasteiger partial charge in [-0.05, 0) is 99.7 Å². The molecule has 270 valence electrons. The van der Waals surface area contributed by atoms with E-state index in [4.69, 9.17) is 9.47 Å². The van der Waals surface area contributed by atoms with Gasteiger partial charge in [-0.2, -0.15) is 0 Å². The molecule has 0 radical (unpaired) electrons. The van der Waals surface area contributed by atoms with Crippen LogP contribution in [0.25, 0.3) is 0 Å². The van der Waals surface area contributed by atoms with Gasteiger partial charge in [-0.3, -0.25) is 10.1 Å². The second-order valence-corrected chi connectivity index (χ2v) is 17.7. The Balaban J connectivity index is 1.38. The molecule has 1 heterocycles. The lowest BCUT2D eigenvalue weighted by Crippen LogP contribution is -2.65. The number of rotatable bonds is 9. The maximum atomic E-state index is 12.3. The highest BCUT2D eigenvalue weighted by molar-refractivity contribution is 5.31. The maximum Gasteiger partial charge on any atom is 0.271 e. The van der Waals surface area contributed by atoms with Crippen molar-refractivity contribution >= 4 is 0 Å². The monoisotopic (exact) mass is 667 g/mol. The lowest BCUT2D eigenvalue weighted by Gasteiger charge is -2.67. The van der Waals surface area contributed by atoms with Crippen LogP contribution in [0.4, 0.5) is 0 Å². The fourth-order valence-corrected chi connectivity index (χ4v) is 11.5. The van der Waals surface area contributed by atoms with Crippen molar-refractivity contribution in [2.75, 3.05) is 6.61 Å². The van der Waals surface area contributed by atoms with Gasteiger partial charge >= 0.3 is 0 Å². The molecule has 0 amide bonds. The molecule has 1 saturated heterocycles. The van der Waals surface area contributed by atoms with Gasteiger partial charge in [-0.25, -0.2) is 0 Å². The number of ether oxygens (including phenoxy) is 2. The smallest absolute Gasteiger partial charge is 0.271 e. The Morgan fingerprint density at radius 1 is 1.06 bits per heavy atom. The Labute approximate surface area is 279 Å². The van der Waals surface area contributed by atoms with Gasteiger partial charge < -0.3 is 40.1 Å². The summed E-state index contributed by atoms with van der Waals surface area (Å²) in [6, 6.07) is -1.74. The largest absolute Gasteiger partial charge is 0.394 e. The van der Waals surface area contributed by atoms with Crippen LogP contribution < -0.4 is 0 Å². The van der Waals surface area contributed by atoms with Crippen molar-refractivity contribution in [3.8, 4) is 0 Å². The molecule has 11 nitrogen and oxygen atoms in total.